The zero-order valence-electron chi connectivity index (χ0n) is 22.0. The second-order valence-corrected chi connectivity index (χ2v) is 9.97. The highest BCUT2D eigenvalue weighted by atomic mass is 16.6. The Morgan fingerprint density at radius 2 is 1.65 bits per heavy atom. The van der Waals surface area contributed by atoms with Gasteiger partial charge < -0.3 is 30.5 Å². The van der Waals surface area contributed by atoms with Gasteiger partial charge in [-0.3, -0.25) is 9.59 Å². The normalized spacial score (nSPS) is 12.8. The molecule has 3 amide bonds. The summed E-state index contributed by atoms with van der Waals surface area (Å²) < 4.78 is 5.38. The fourth-order valence-corrected chi connectivity index (χ4v) is 3.71. The van der Waals surface area contributed by atoms with E-state index >= 15 is 0 Å². The molecule has 0 aliphatic rings. The molecule has 4 N–H and O–H groups in total. The summed E-state index contributed by atoms with van der Waals surface area (Å²) in [4.78, 5) is 41.3. The fraction of sp³-hybridized carbons (Fsp3) is 0.393. The summed E-state index contributed by atoms with van der Waals surface area (Å²) in [6, 6.07) is 9.97. The van der Waals surface area contributed by atoms with E-state index in [-0.39, 0.29) is 36.1 Å². The second kappa shape index (κ2) is 12.8. The molecule has 37 heavy (non-hydrogen) atoms. The lowest BCUT2D eigenvalue weighted by Gasteiger charge is -2.34. The summed E-state index contributed by atoms with van der Waals surface area (Å²) in [5.74, 6) is -1.16. The summed E-state index contributed by atoms with van der Waals surface area (Å²) in [7, 11) is 0. The van der Waals surface area contributed by atoms with Gasteiger partial charge in [0, 0.05) is 24.6 Å². The van der Waals surface area contributed by atoms with Gasteiger partial charge in [-0.2, -0.15) is 0 Å². The van der Waals surface area contributed by atoms with Gasteiger partial charge in [-0.15, -0.1) is 6.58 Å². The molecule has 9 heteroatoms. The smallest absolute Gasteiger partial charge is 0.408 e. The zero-order chi connectivity index (χ0) is 27.8. The van der Waals surface area contributed by atoms with E-state index in [1.807, 2.05) is 0 Å². The predicted octanol–water partition coefficient (Wildman–Crippen LogP) is 3.81. The number of aromatic hydroxyl groups is 2. The van der Waals surface area contributed by atoms with Crippen LogP contribution in [0.2, 0.25) is 0 Å². The monoisotopic (exact) mass is 511 g/mol. The maximum atomic E-state index is 14.0. The summed E-state index contributed by atoms with van der Waals surface area (Å²) in [5, 5.41) is 25.7. The van der Waals surface area contributed by atoms with Crippen LogP contribution in [-0.4, -0.2) is 57.3 Å². The molecule has 0 aliphatic heterocycles. The predicted molar refractivity (Wildman–Crippen MR) is 141 cm³/mol. The molecule has 2 unspecified atom stereocenters. The van der Waals surface area contributed by atoms with E-state index in [0.29, 0.717) is 5.56 Å². The Hall–Kier alpha value is -4.01. The number of hydrogen-bond acceptors (Lipinski definition) is 6. The number of carbonyl (C=O) groups is 3. The molecule has 0 aromatic heterocycles. The number of nitrogens with one attached hydrogen (secondary N) is 2. The lowest BCUT2D eigenvalue weighted by atomic mass is 9.99. The summed E-state index contributed by atoms with van der Waals surface area (Å²) in [6.45, 7) is 12.4. The van der Waals surface area contributed by atoms with Crippen LogP contribution in [0.1, 0.15) is 51.8 Å². The first-order chi connectivity index (χ1) is 17.3. The van der Waals surface area contributed by atoms with Gasteiger partial charge in [0.15, 0.2) is 0 Å². The molecular weight excluding hydrogens is 474 g/mol. The standard InChI is InChI=1S/C28H37N3O6/c1-7-16-31(24(25(34)29-18(2)3)21-10-8-9-11-23(21)33)26(35)22(30-27(36)37-28(4,5)6)17-19-12-14-20(32)15-13-19/h7-15,18,22,24,32-33H,1,16-17H2,2-6H3,(H,29,34)(H,30,36). The molecular formula is C28H37N3O6. The second-order valence-electron chi connectivity index (χ2n) is 9.97. The van der Waals surface area contributed by atoms with E-state index in [4.69, 9.17) is 4.74 Å². The number of nitrogens with zero attached hydrogens (tertiary/aromatic N) is 1. The minimum absolute atomic E-state index is 0.0363. The highest BCUT2D eigenvalue weighted by Crippen LogP contribution is 2.30. The quantitative estimate of drug-likeness (QED) is 0.359. The SMILES string of the molecule is C=CCN(C(=O)C(Cc1ccc(O)cc1)NC(=O)OC(C)(C)C)C(C(=O)NC(C)C)c1ccccc1O. The van der Waals surface area contributed by atoms with Crippen molar-refractivity contribution < 1.29 is 29.3 Å². The lowest BCUT2D eigenvalue weighted by molar-refractivity contribution is -0.142. The van der Waals surface area contributed by atoms with Crippen LogP contribution >= 0.6 is 0 Å². The van der Waals surface area contributed by atoms with E-state index < -0.39 is 35.6 Å². The van der Waals surface area contributed by atoms with Crippen LogP contribution in [0.3, 0.4) is 0 Å². The Labute approximate surface area is 218 Å². The summed E-state index contributed by atoms with van der Waals surface area (Å²) in [6.07, 6.45) is 0.734. The van der Waals surface area contributed by atoms with Gasteiger partial charge in [-0.1, -0.05) is 36.4 Å². The lowest BCUT2D eigenvalue weighted by Crippen LogP contribution is -2.54. The van der Waals surface area contributed by atoms with Crippen molar-refractivity contribution in [2.24, 2.45) is 0 Å². The highest BCUT2D eigenvalue weighted by molar-refractivity contribution is 5.93. The summed E-state index contributed by atoms with van der Waals surface area (Å²) in [5.41, 5.74) is 0.0972. The maximum absolute atomic E-state index is 14.0. The number of phenols is 2. The van der Waals surface area contributed by atoms with Gasteiger partial charge in [-0.25, -0.2) is 4.79 Å². The van der Waals surface area contributed by atoms with Crippen LogP contribution in [0.15, 0.2) is 61.2 Å². The molecule has 2 aromatic rings. The fourth-order valence-electron chi connectivity index (χ4n) is 3.71. The van der Waals surface area contributed by atoms with Crippen LogP contribution in [0.4, 0.5) is 4.79 Å². The Balaban J connectivity index is 2.54. The van der Waals surface area contributed by atoms with E-state index in [9.17, 15) is 24.6 Å². The van der Waals surface area contributed by atoms with Crippen LogP contribution < -0.4 is 10.6 Å². The number of benzene rings is 2. The van der Waals surface area contributed by atoms with E-state index in [2.05, 4.69) is 17.2 Å². The van der Waals surface area contributed by atoms with Crippen molar-refractivity contribution in [1.29, 1.82) is 0 Å². The van der Waals surface area contributed by atoms with Gasteiger partial charge in [0.05, 0.1) is 0 Å². The number of rotatable bonds is 10. The maximum Gasteiger partial charge on any atom is 0.408 e. The third-order valence-corrected chi connectivity index (χ3v) is 5.20. The van der Waals surface area contributed by atoms with Crippen molar-refractivity contribution >= 4 is 17.9 Å². The van der Waals surface area contributed by atoms with Crippen LogP contribution in [-0.2, 0) is 20.7 Å². The number of alkyl carbamates (subject to hydrolysis) is 1. The molecule has 2 rings (SSSR count). The number of ether oxygens (including phenoxy) is 1. The molecule has 0 bridgehead atoms. The molecule has 200 valence electrons. The molecule has 2 aromatic carbocycles. The Bertz CT molecular complexity index is 1090. The molecule has 0 saturated heterocycles. The number of amides is 3. The van der Waals surface area contributed by atoms with Gasteiger partial charge in [0.1, 0.15) is 29.2 Å². The van der Waals surface area contributed by atoms with Crippen molar-refractivity contribution in [3.8, 4) is 11.5 Å². The van der Waals surface area contributed by atoms with Crippen molar-refractivity contribution in [2.75, 3.05) is 6.54 Å². The molecule has 0 aliphatic carbocycles. The molecule has 0 radical (unpaired) electrons. The first-order valence-electron chi connectivity index (χ1n) is 12.1. The van der Waals surface area contributed by atoms with Crippen LogP contribution in [0.5, 0.6) is 11.5 Å². The first-order valence-corrected chi connectivity index (χ1v) is 12.1. The highest BCUT2D eigenvalue weighted by Gasteiger charge is 2.37. The zero-order valence-corrected chi connectivity index (χ0v) is 22.0. The minimum Gasteiger partial charge on any atom is -0.508 e. The van der Waals surface area contributed by atoms with E-state index in [0.717, 1.165) is 0 Å². The topological polar surface area (TPSA) is 128 Å². The van der Waals surface area contributed by atoms with Gasteiger partial charge in [0.25, 0.3) is 0 Å². The molecule has 2 atom stereocenters. The van der Waals surface area contributed by atoms with Crippen molar-refractivity contribution in [3.63, 3.8) is 0 Å². The molecule has 0 heterocycles. The Morgan fingerprint density at radius 3 is 2.19 bits per heavy atom. The van der Waals surface area contributed by atoms with Crippen molar-refractivity contribution in [3.05, 3.63) is 72.3 Å². The number of para-hydroxylation sites is 1. The molecule has 0 spiro atoms. The first kappa shape index (κ1) is 29.2. The average Bonchev–Trinajstić information content (AvgIpc) is 2.78. The van der Waals surface area contributed by atoms with Crippen LogP contribution in [0, 0.1) is 0 Å². The van der Waals surface area contributed by atoms with E-state index in [1.54, 1.807) is 65.0 Å². The van der Waals surface area contributed by atoms with Crippen LogP contribution in [0.25, 0.3) is 0 Å². The summed E-state index contributed by atoms with van der Waals surface area (Å²) >= 11 is 0. The van der Waals surface area contributed by atoms with Crippen molar-refractivity contribution in [2.45, 2.75) is 64.8 Å². The van der Waals surface area contributed by atoms with Gasteiger partial charge in [0.2, 0.25) is 11.8 Å². The third kappa shape index (κ3) is 8.86. The molecule has 0 fully saturated rings. The van der Waals surface area contributed by atoms with Crippen molar-refractivity contribution in [1.82, 2.24) is 15.5 Å². The number of phenolic OH excluding ortho intramolecular Hbond substituents is 2. The number of carbonyl (C=O) groups excluding carboxylic acids is 3. The van der Waals surface area contributed by atoms with Gasteiger partial charge in [-0.05, 0) is 58.4 Å². The van der Waals surface area contributed by atoms with Gasteiger partial charge >= 0.3 is 6.09 Å². The molecule has 9 nitrogen and oxygen atoms in total. The third-order valence-electron chi connectivity index (χ3n) is 5.20. The molecule has 0 saturated carbocycles. The Kier molecular flexibility index (Phi) is 10.1. The van der Waals surface area contributed by atoms with E-state index in [1.165, 1.54) is 29.2 Å². The Morgan fingerprint density at radius 1 is 1.03 bits per heavy atom. The average molecular weight is 512 g/mol. The number of hydrogen-bond donors (Lipinski definition) is 4. The largest absolute Gasteiger partial charge is 0.508 e. The minimum atomic E-state index is -1.20.